The van der Waals surface area contributed by atoms with Gasteiger partial charge in [0, 0.05) is 21.5 Å². The van der Waals surface area contributed by atoms with Gasteiger partial charge < -0.3 is 8.83 Å². The summed E-state index contributed by atoms with van der Waals surface area (Å²) < 4.78 is 12.7. The average Bonchev–Trinajstić information content (AvgIpc) is 1.03. The topological polar surface area (TPSA) is 26.3 Å². The summed E-state index contributed by atoms with van der Waals surface area (Å²) in [6.45, 7) is 0. The first-order chi connectivity index (χ1) is 46.5. The zero-order valence-corrected chi connectivity index (χ0v) is 51.0. The molecule has 0 aliphatic rings. The van der Waals surface area contributed by atoms with E-state index in [4.69, 9.17) is 8.83 Å². The third kappa shape index (κ3) is 8.23. The minimum atomic E-state index is 0.903. The highest BCUT2D eigenvalue weighted by Crippen LogP contribution is 2.49. The van der Waals surface area contributed by atoms with Crippen LogP contribution in [0.1, 0.15) is 0 Å². The lowest BCUT2D eigenvalue weighted by Crippen LogP contribution is -1.93. The van der Waals surface area contributed by atoms with E-state index in [1.807, 2.05) is 18.2 Å². The monoisotopic (exact) mass is 1190 g/mol. The van der Waals surface area contributed by atoms with Gasteiger partial charge in [0.1, 0.15) is 22.3 Å². The molecule has 0 fully saturated rings. The molecule has 2 heterocycles. The van der Waals surface area contributed by atoms with Crippen molar-refractivity contribution in [2.24, 2.45) is 0 Å². The van der Waals surface area contributed by atoms with Crippen molar-refractivity contribution in [1.82, 2.24) is 0 Å². The molecule has 20 aromatic rings. The van der Waals surface area contributed by atoms with Crippen molar-refractivity contribution in [3.05, 3.63) is 328 Å². The molecule has 0 amide bonds. The van der Waals surface area contributed by atoms with E-state index in [9.17, 15) is 0 Å². The molecule has 0 atom stereocenters. The number of benzene rings is 18. The van der Waals surface area contributed by atoms with Gasteiger partial charge in [-0.2, -0.15) is 0 Å². The average molecular weight is 1190 g/mol. The van der Waals surface area contributed by atoms with Crippen LogP contribution in [0.25, 0.3) is 208 Å². The van der Waals surface area contributed by atoms with E-state index in [1.165, 1.54) is 131 Å². The van der Waals surface area contributed by atoms with Gasteiger partial charge in [0.25, 0.3) is 0 Å². The minimum Gasteiger partial charge on any atom is -0.456 e. The van der Waals surface area contributed by atoms with E-state index in [1.54, 1.807) is 0 Å². The summed E-state index contributed by atoms with van der Waals surface area (Å²) in [6.07, 6.45) is 0. The molecule has 2 heteroatoms. The first kappa shape index (κ1) is 52.4. The SMILES string of the molecule is c1cc(-c2ccc3cc4oc5ccccc5c4cc3c2)cc(-c2c3ccccc3c(-c3cccc4cc(-c5cc(-c6ccc7cc8oc9ccccc9c8cc7c6)cc(-c6c7ccccc7c(-c7ccc8ccccc8c7)c7ccccc67)c5)ccc34)c3ccccc23)c1. The third-order valence-corrected chi connectivity index (χ3v) is 20.1. The summed E-state index contributed by atoms with van der Waals surface area (Å²) in [5.41, 5.74) is 20.3. The van der Waals surface area contributed by atoms with Crippen LogP contribution in [0.15, 0.2) is 336 Å². The molecule has 0 spiro atoms. The van der Waals surface area contributed by atoms with Crippen molar-refractivity contribution in [3.63, 3.8) is 0 Å². The van der Waals surface area contributed by atoms with E-state index in [2.05, 4.69) is 309 Å². The molecular weight excluding hydrogens is 1140 g/mol. The maximum absolute atomic E-state index is 6.39. The quantitative estimate of drug-likeness (QED) is 0.149. The lowest BCUT2D eigenvalue weighted by Gasteiger charge is -2.20. The van der Waals surface area contributed by atoms with Crippen LogP contribution in [0.4, 0.5) is 0 Å². The Morgan fingerprint density at radius 3 is 1.03 bits per heavy atom. The number of rotatable bonds is 7. The smallest absolute Gasteiger partial charge is 0.136 e. The van der Waals surface area contributed by atoms with Crippen LogP contribution in [-0.2, 0) is 0 Å². The largest absolute Gasteiger partial charge is 0.456 e. The maximum atomic E-state index is 6.39. The van der Waals surface area contributed by atoms with Crippen LogP contribution >= 0.6 is 0 Å². The summed E-state index contributed by atoms with van der Waals surface area (Å²) in [6, 6.07) is 121. The molecule has 94 heavy (non-hydrogen) atoms. The molecule has 0 bridgehead atoms. The zero-order valence-electron chi connectivity index (χ0n) is 51.0. The van der Waals surface area contributed by atoms with Crippen LogP contribution in [0.2, 0.25) is 0 Å². The molecule has 0 radical (unpaired) electrons. The summed E-state index contributed by atoms with van der Waals surface area (Å²) in [4.78, 5) is 0. The van der Waals surface area contributed by atoms with E-state index in [-0.39, 0.29) is 0 Å². The van der Waals surface area contributed by atoms with Gasteiger partial charge in [-0.25, -0.2) is 0 Å². The van der Waals surface area contributed by atoms with Crippen molar-refractivity contribution in [2.45, 2.75) is 0 Å². The van der Waals surface area contributed by atoms with E-state index in [0.717, 1.165) is 76.9 Å². The Kier molecular flexibility index (Phi) is 11.5. The zero-order chi connectivity index (χ0) is 61.5. The Hall–Kier alpha value is -12.4. The number of para-hydroxylation sites is 2. The summed E-state index contributed by atoms with van der Waals surface area (Å²) in [5, 5.41) is 23.8. The molecule has 0 unspecified atom stereocenters. The Balaban J connectivity index is 0.749. The summed E-state index contributed by atoms with van der Waals surface area (Å²) >= 11 is 0. The third-order valence-electron chi connectivity index (χ3n) is 20.1. The van der Waals surface area contributed by atoms with Crippen molar-refractivity contribution in [1.29, 1.82) is 0 Å². The summed E-state index contributed by atoms with van der Waals surface area (Å²) in [7, 11) is 0. The molecule has 20 rings (SSSR count). The highest BCUT2D eigenvalue weighted by molar-refractivity contribution is 6.25. The lowest BCUT2D eigenvalue weighted by molar-refractivity contribution is 0.669. The first-order valence-electron chi connectivity index (χ1n) is 32.4. The van der Waals surface area contributed by atoms with Crippen molar-refractivity contribution in [2.75, 3.05) is 0 Å². The highest BCUT2D eigenvalue weighted by atomic mass is 16.3. The Morgan fingerprint density at radius 1 is 0.138 bits per heavy atom. The van der Waals surface area contributed by atoms with Crippen molar-refractivity contribution >= 4 is 130 Å². The van der Waals surface area contributed by atoms with Crippen LogP contribution < -0.4 is 0 Å². The molecule has 0 saturated heterocycles. The van der Waals surface area contributed by atoms with Crippen LogP contribution in [0, 0.1) is 0 Å². The number of hydrogen-bond acceptors (Lipinski definition) is 2. The number of fused-ring (bicyclic) bond motifs is 14. The van der Waals surface area contributed by atoms with E-state index in [0.29, 0.717) is 0 Å². The molecule has 0 aliphatic heterocycles. The maximum Gasteiger partial charge on any atom is 0.136 e. The second kappa shape index (κ2) is 20.6. The number of hydrogen-bond donors (Lipinski definition) is 0. The first-order valence-corrected chi connectivity index (χ1v) is 32.4. The predicted molar refractivity (Wildman–Crippen MR) is 399 cm³/mol. The fourth-order valence-electron chi connectivity index (χ4n) is 15.8. The Bertz CT molecular complexity index is 6500. The fraction of sp³-hybridized carbons (Fsp3) is 0. The van der Waals surface area contributed by atoms with Gasteiger partial charge in [-0.15, -0.1) is 0 Å². The van der Waals surface area contributed by atoms with Crippen LogP contribution in [0.3, 0.4) is 0 Å². The van der Waals surface area contributed by atoms with E-state index < -0.39 is 0 Å². The molecule has 2 nitrogen and oxygen atoms in total. The van der Waals surface area contributed by atoms with Gasteiger partial charge in [0.2, 0.25) is 0 Å². The van der Waals surface area contributed by atoms with Gasteiger partial charge >= 0.3 is 0 Å². The molecule has 2 aromatic heterocycles. The molecule has 0 aliphatic carbocycles. The normalized spacial score (nSPS) is 12.0. The second-order valence-corrected chi connectivity index (χ2v) is 25.4. The van der Waals surface area contributed by atoms with E-state index >= 15 is 0 Å². The predicted octanol–water partition coefficient (Wildman–Crippen LogP) is 26.4. The molecule has 434 valence electrons. The van der Waals surface area contributed by atoms with Crippen molar-refractivity contribution < 1.29 is 8.83 Å². The molecule has 0 saturated carbocycles. The van der Waals surface area contributed by atoms with Crippen molar-refractivity contribution in [3.8, 4) is 77.9 Å². The molecular formula is C92H54O2. The Labute approximate surface area is 541 Å². The van der Waals surface area contributed by atoms with Gasteiger partial charge in [0.15, 0.2) is 0 Å². The Morgan fingerprint density at radius 2 is 0.479 bits per heavy atom. The fourth-order valence-corrected chi connectivity index (χ4v) is 15.8. The highest BCUT2D eigenvalue weighted by Gasteiger charge is 2.22. The van der Waals surface area contributed by atoms with Gasteiger partial charge in [-0.3, -0.25) is 0 Å². The molecule has 0 N–H and O–H groups in total. The number of furan rings is 2. The van der Waals surface area contributed by atoms with Gasteiger partial charge in [0.05, 0.1) is 0 Å². The second-order valence-electron chi connectivity index (χ2n) is 25.4. The molecule has 18 aromatic carbocycles. The minimum absolute atomic E-state index is 0.903. The summed E-state index contributed by atoms with van der Waals surface area (Å²) in [5.74, 6) is 0. The standard InChI is InChI=1S/C92H54O2/c1-2-18-56-44-65(40-35-55(56)17-1)90-75-24-3-5-26-77(75)91(78-27-6-4-25-76(78)90)70-49-66(59-37-39-62-54-88-84(52-69(62)47-59)73-23-12-14-34-86(73)94-88)48-67(50-70)60-41-42-71-63(43-60)20-16-32-74(71)92-81-30-9-7-28-79(81)89(80-29-8-10-31-82(80)92)64-21-15-19-57(45-64)58-36-38-61-53-87-83(51-68(61)46-58)72-22-11-13-33-85(72)93-87/h1-54H. The van der Waals surface area contributed by atoms with Gasteiger partial charge in [-0.1, -0.05) is 243 Å². The van der Waals surface area contributed by atoms with Crippen LogP contribution in [0.5, 0.6) is 0 Å². The lowest BCUT2D eigenvalue weighted by atomic mass is 9.83. The van der Waals surface area contributed by atoms with Gasteiger partial charge in [-0.05, 0) is 249 Å². The van der Waals surface area contributed by atoms with Crippen LogP contribution in [-0.4, -0.2) is 0 Å².